The van der Waals surface area contributed by atoms with Crippen LogP contribution in [0.25, 0.3) is 16.5 Å². The minimum atomic E-state index is -1.50. The highest BCUT2D eigenvalue weighted by Gasteiger charge is 2.53. The zero-order chi connectivity index (χ0) is 36.1. The highest BCUT2D eigenvalue weighted by atomic mass is 16.5. The number of nitrogens with zero attached hydrogens (tertiary/aromatic N) is 4. The molecule has 0 bridgehead atoms. The molecule has 4 aromatic rings. The van der Waals surface area contributed by atoms with E-state index in [1.54, 1.807) is 31.4 Å². The number of methoxy groups -OCH3 is 3. The number of benzene rings is 4. The molecule has 5 rings (SSSR count). The second-order valence-electron chi connectivity index (χ2n) is 11.6. The molecule has 0 unspecified atom stereocenters. The maximum Gasteiger partial charge on any atom is 0.252 e. The molecule has 4 aromatic carbocycles. The van der Waals surface area contributed by atoms with E-state index in [9.17, 15) is 4.79 Å². The summed E-state index contributed by atoms with van der Waals surface area (Å²) >= 11 is 0. The van der Waals surface area contributed by atoms with Gasteiger partial charge in [-0.2, -0.15) is 0 Å². The molecule has 264 valence electrons. The van der Waals surface area contributed by atoms with Crippen molar-refractivity contribution in [1.29, 1.82) is 0 Å². The van der Waals surface area contributed by atoms with Crippen LogP contribution in [0.1, 0.15) is 46.8 Å². The third kappa shape index (κ3) is 8.61. The van der Waals surface area contributed by atoms with E-state index >= 15 is 0 Å². The van der Waals surface area contributed by atoms with Gasteiger partial charge in [0.1, 0.15) is 23.0 Å². The number of aliphatic hydroxyl groups is 1. The molecule has 0 aromatic heterocycles. The summed E-state index contributed by atoms with van der Waals surface area (Å²) in [5.74, 6) is 1.99. The molecule has 0 saturated carbocycles. The Kier molecular flexibility index (Phi) is 12.5. The summed E-state index contributed by atoms with van der Waals surface area (Å²) in [6, 6.07) is 27.8. The lowest BCUT2D eigenvalue weighted by Crippen LogP contribution is -2.48. The van der Waals surface area contributed by atoms with Gasteiger partial charge in [-0.15, -0.1) is 0 Å². The van der Waals surface area contributed by atoms with E-state index in [2.05, 4.69) is 15.3 Å². The predicted molar refractivity (Wildman–Crippen MR) is 194 cm³/mol. The first kappa shape index (κ1) is 36.3. The molecule has 0 radical (unpaired) electrons. The lowest BCUT2D eigenvalue weighted by Gasteiger charge is -2.31. The van der Waals surface area contributed by atoms with E-state index in [0.29, 0.717) is 58.3 Å². The van der Waals surface area contributed by atoms with Crippen molar-refractivity contribution in [3.05, 3.63) is 135 Å². The molecule has 1 amide bonds. The van der Waals surface area contributed by atoms with Gasteiger partial charge in [0.2, 0.25) is 5.90 Å². The summed E-state index contributed by atoms with van der Waals surface area (Å²) in [6.45, 7) is 0.515. The number of hydrogen-bond acceptors (Lipinski definition) is 9. The predicted octanol–water partition coefficient (Wildman–Crippen LogP) is 6.96. The van der Waals surface area contributed by atoms with E-state index in [-0.39, 0.29) is 32.0 Å². The number of azide groups is 1. The van der Waals surface area contributed by atoms with Gasteiger partial charge in [-0.25, -0.2) is 4.99 Å². The van der Waals surface area contributed by atoms with E-state index in [0.717, 1.165) is 5.56 Å². The molecule has 0 spiro atoms. The fraction of sp³-hybridized carbons (Fsp3) is 0.282. The number of aliphatic hydroxyl groups excluding tert-OH is 1. The zero-order valence-corrected chi connectivity index (χ0v) is 28.8. The van der Waals surface area contributed by atoms with Crippen molar-refractivity contribution in [2.24, 2.45) is 10.1 Å². The van der Waals surface area contributed by atoms with Crippen molar-refractivity contribution in [1.82, 2.24) is 5.32 Å². The van der Waals surface area contributed by atoms with Crippen LogP contribution in [-0.2, 0) is 22.6 Å². The van der Waals surface area contributed by atoms with Crippen molar-refractivity contribution in [3.8, 4) is 23.0 Å². The van der Waals surface area contributed by atoms with Crippen molar-refractivity contribution in [2.75, 3.05) is 34.5 Å². The van der Waals surface area contributed by atoms with Crippen LogP contribution < -0.4 is 24.3 Å². The molecule has 0 saturated heterocycles. The quantitative estimate of drug-likeness (QED) is 0.0525. The molecule has 0 fully saturated rings. The van der Waals surface area contributed by atoms with Crippen LogP contribution in [0.5, 0.6) is 23.0 Å². The number of nitrogens with one attached hydrogen (secondary N) is 1. The Morgan fingerprint density at radius 1 is 0.980 bits per heavy atom. The Hall–Kier alpha value is -5.97. The highest BCUT2D eigenvalue weighted by Crippen LogP contribution is 2.44. The first-order chi connectivity index (χ1) is 25.0. The summed E-state index contributed by atoms with van der Waals surface area (Å²) in [5.41, 5.74) is 11.2. The van der Waals surface area contributed by atoms with E-state index < -0.39 is 17.6 Å². The minimum absolute atomic E-state index is 0.0339. The molecule has 2 N–H and O–H groups in total. The van der Waals surface area contributed by atoms with Crippen LogP contribution in [0, 0.1) is 0 Å². The topological polar surface area (TPSA) is 157 Å². The lowest BCUT2D eigenvalue weighted by molar-refractivity contribution is -0.129. The molecule has 51 heavy (non-hydrogen) atoms. The number of carbonyl (C=O) groups is 1. The summed E-state index contributed by atoms with van der Waals surface area (Å²) in [7, 11) is 4.63. The van der Waals surface area contributed by atoms with Crippen LogP contribution in [0.4, 0.5) is 0 Å². The smallest absolute Gasteiger partial charge is 0.252 e. The number of amides is 1. The summed E-state index contributed by atoms with van der Waals surface area (Å²) in [5, 5.41) is 16.1. The molecule has 12 heteroatoms. The summed E-state index contributed by atoms with van der Waals surface area (Å²) in [6.07, 6.45) is 3.63. The van der Waals surface area contributed by atoms with Gasteiger partial charge in [-0.3, -0.25) is 4.79 Å². The minimum Gasteiger partial charge on any atom is -0.496 e. The molecule has 2 atom stereocenters. The Morgan fingerprint density at radius 3 is 2.35 bits per heavy atom. The van der Waals surface area contributed by atoms with Crippen LogP contribution in [0.15, 0.2) is 107 Å². The third-order valence-electron chi connectivity index (χ3n) is 8.45. The Morgan fingerprint density at radius 2 is 1.69 bits per heavy atom. The van der Waals surface area contributed by atoms with E-state index in [1.807, 2.05) is 78.9 Å². The fourth-order valence-corrected chi connectivity index (χ4v) is 5.85. The van der Waals surface area contributed by atoms with Crippen LogP contribution in [-0.4, -0.2) is 57.0 Å². The Labute approximate surface area is 296 Å². The normalized spacial score (nSPS) is 16.5. The number of aliphatic imine (C=N–C) groups is 1. The van der Waals surface area contributed by atoms with E-state index in [1.165, 1.54) is 14.2 Å². The number of carbonyl (C=O) groups excluding carboxylic acids is 1. The molecule has 0 aliphatic carbocycles. The molecule has 1 aliphatic heterocycles. The molecule has 12 nitrogen and oxygen atoms in total. The molecular formula is C39H41N5O7. The number of hydrogen-bond donors (Lipinski definition) is 2. The van der Waals surface area contributed by atoms with Gasteiger partial charge in [0.25, 0.3) is 5.91 Å². The van der Waals surface area contributed by atoms with E-state index in [4.69, 9.17) is 39.3 Å². The fourth-order valence-electron chi connectivity index (χ4n) is 5.85. The lowest BCUT2D eigenvalue weighted by atomic mass is 9.82. The van der Waals surface area contributed by atoms with Gasteiger partial charge in [-0.05, 0) is 46.5 Å². The molecule has 1 aliphatic rings. The second-order valence-corrected chi connectivity index (χ2v) is 11.6. The van der Waals surface area contributed by atoms with Gasteiger partial charge >= 0.3 is 0 Å². The summed E-state index contributed by atoms with van der Waals surface area (Å²) < 4.78 is 29.1. The maximum absolute atomic E-state index is 14.8. The zero-order valence-electron chi connectivity index (χ0n) is 28.8. The monoisotopic (exact) mass is 691 g/mol. The van der Waals surface area contributed by atoms with Crippen molar-refractivity contribution >= 4 is 17.9 Å². The molecule has 1 heterocycles. The average Bonchev–Trinajstić information content (AvgIpc) is 3.57. The van der Waals surface area contributed by atoms with Gasteiger partial charge in [0.15, 0.2) is 11.6 Å². The van der Waals surface area contributed by atoms with Crippen LogP contribution in [0.2, 0.25) is 0 Å². The van der Waals surface area contributed by atoms with Crippen LogP contribution >= 0.6 is 0 Å². The largest absolute Gasteiger partial charge is 0.496 e. The highest BCUT2D eigenvalue weighted by molar-refractivity contribution is 6.01. The second kappa shape index (κ2) is 17.6. The SMILES string of the molecule is COc1cc(OC)c(CNC(=O)[C@]2(C/C=C/c3ccccc3)N=C(c3ccc(OCCCO)cc3)O[C@@H]2c2ccccc2CN=[N+]=[N-])c(OC)c1. The van der Waals surface area contributed by atoms with Crippen molar-refractivity contribution < 1.29 is 33.6 Å². The first-order valence-electron chi connectivity index (χ1n) is 16.4. The number of rotatable bonds is 17. The number of ether oxygens (including phenoxy) is 5. The average molecular weight is 692 g/mol. The van der Waals surface area contributed by atoms with Crippen molar-refractivity contribution in [3.63, 3.8) is 0 Å². The van der Waals surface area contributed by atoms with Gasteiger partial charge < -0.3 is 34.1 Å². The Bertz CT molecular complexity index is 1870. The third-order valence-corrected chi connectivity index (χ3v) is 8.45. The Balaban J connectivity index is 1.60. The standard InChI is InChI=1S/C39H41N5O7/c1-47-31-23-34(48-2)33(35(24-31)49-3)26-41-38(46)39(20-9-13-27-11-5-4-6-12-27)36(32-15-8-7-14-29(32)25-42-44-40)51-37(43-39)28-16-18-30(19-17-28)50-22-10-21-45/h4-9,11-19,23-24,36,45H,10,20-22,25-26H2,1-3H3,(H,41,46)/b13-9+/t36-,39-/m1/s1. The summed E-state index contributed by atoms with van der Waals surface area (Å²) in [4.78, 5) is 22.9. The van der Waals surface area contributed by atoms with Crippen LogP contribution in [0.3, 0.4) is 0 Å². The van der Waals surface area contributed by atoms with Gasteiger partial charge in [0.05, 0.1) is 46.6 Å². The molecular weight excluding hydrogens is 650 g/mol. The maximum atomic E-state index is 14.8. The first-order valence-corrected chi connectivity index (χ1v) is 16.4. The van der Waals surface area contributed by atoms with Crippen molar-refractivity contribution in [2.45, 2.75) is 37.6 Å². The van der Waals surface area contributed by atoms with Gasteiger partial charge in [-0.1, -0.05) is 71.9 Å². The van der Waals surface area contributed by atoms with Gasteiger partial charge in [0, 0.05) is 42.1 Å².